The van der Waals surface area contributed by atoms with Crippen LogP contribution < -0.4 is 14.8 Å². The van der Waals surface area contributed by atoms with Gasteiger partial charge in [-0.05, 0) is 78.9 Å². The highest BCUT2D eigenvalue weighted by molar-refractivity contribution is 7.92. The molecule has 2 N–H and O–H groups in total. The van der Waals surface area contributed by atoms with Crippen molar-refractivity contribution in [3.05, 3.63) is 87.9 Å². The number of carbonyl (C=O) groups excluding carboxylic acids is 1. The van der Waals surface area contributed by atoms with Gasteiger partial charge in [0.05, 0.1) is 18.2 Å². The maximum absolute atomic E-state index is 13.0. The van der Waals surface area contributed by atoms with Crippen LogP contribution in [0.1, 0.15) is 59.8 Å². The van der Waals surface area contributed by atoms with Gasteiger partial charge in [-0.15, -0.1) is 0 Å². The van der Waals surface area contributed by atoms with Crippen LogP contribution in [0.5, 0.6) is 5.75 Å². The fraction of sp³-hybridized carbons (Fsp3) is 0.269. The monoisotopic (exact) mass is 500 g/mol. The molecule has 0 radical (unpaired) electrons. The number of rotatable bonds is 8. The van der Waals surface area contributed by atoms with Gasteiger partial charge in [-0.2, -0.15) is 0 Å². The molecule has 3 rings (SSSR count). The first-order valence-electron chi connectivity index (χ1n) is 10.9. The normalized spacial score (nSPS) is 12.3. The Bertz CT molecular complexity index is 1290. The zero-order valence-corrected chi connectivity index (χ0v) is 21.4. The highest BCUT2D eigenvalue weighted by Gasteiger charge is 2.22. The van der Waals surface area contributed by atoms with E-state index in [0.29, 0.717) is 5.69 Å². The molecule has 0 fully saturated rings. The van der Waals surface area contributed by atoms with E-state index in [2.05, 4.69) is 23.9 Å². The SMILES string of the molecule is COc1cc(C)c([C@@H](C)NC(=O)c2ccc(Cl)c(S(=O)(=O)Nc3ccccc3)c2)cc1C(C)C. The molecule has 0 unspecified atom stereocenters. The van der Waals surface area contributed by atoms with Crippen molar-refractivity contribution in [2.75, 3.05) is 11.8 Å². The van der Waals surface area contributed by atoms with Crippen LogP contribution in [-0.4, -0.2) is 21.4 Å². The molecule has 0 saturated carbocycles. The first-order valence-corrected chi connectivity index (χ1v) is 12.8. The molecule has 0 saturated heterocycles. The van der Waals surface area contributed by atoms with Crippen LogP contribution >= 0.6 is 11.6 Å². The summed E-state index contributed by atoms with van der Waals surface area (Å²) in [6, 6.07) is 16.4. The Morgan fingerprint density at radius 3 is 2.26 bits per heavy atom. The lowest BCUT2D eigenvalue weighted by atomic mass is 9.93. The second-order valence-electron chi connectivity index (χ2n) is 8.42. The second kappa shape index (κ2) is 10.5. The number of hydrogen-bond acceptors (Lipinski definition) is 4. The molecule has 0 aromatic heterocycles. The van der Waals surface area contributed by atoms with Crippen molar-refractivity contribution >= 4 is 33.2 Å². The molecule has 8 heteroatoms. The third-order valence-electron chi connectivity index (χ3n) is 5.56. The Kier molecular flexibility index (Phi) is 7.89. The summed E-state index contributed by atoms with van der Waals surface area (Å²) in [5, 5.41) is 3.00. The van der Waals surface area contributed by atoms with Gasteiger partial charge in [-0.25, -0.2) is 8.42 Å². The summed E-state index contributed by atoms with van der Waals surface area (Å²) < 4.78 is 33.8. The van der Waals surface area contributed by atoms with Gasteiger partial charge in [0.2, 0.25) is 0 Å². The number of hydrogen-bond donors (Lipinski definition) is 2. The average molecular weight is 501 g/mol. The summed E-state index contributed by atoms with van der Waals surface area (Å²) in [6.45, 7) is 8.02. The van der Waals surface area contributed by atoms with Crippen molar-refractivity contribution in [3.8, 4) is 5.75 Å². The minimum Gasteiger partial charge on any atom is -0.496 e. The number of benzene rings is 3. The van der Waals surface area contributed by atoms with Crippen molar-refractivity contribution in [2.45, 2.75) is 44.6 Å². The Labute approximate surface area is 206 Å². The Morgan fingerprint density at radius 1 is 0.971 bits per heavy atom. The number of aryl methyl sites for hydroxylation is 1. The molecule has 1 amide bonds. The third-order valence-corrected chi connectivity index (χ3v) is 7.43. The number of carbonyl (C=O) groups is 1. The van der Waals surface area contributed by atoms with E-state index in [0.717, 1.165) is 22.4 Å². The van der Waals surface area contributed by atoms with Crippen LogP contribution in [0.15, 0.2) is 65.6 Å². The molecule has 0 aliphatic heterocycles. The van der Waals surface area contributed by atoms with Gasteiger partial charge in [-0.3, -0.25) is 9.52 Å². The number of halogens is 1. The molecule has 0 spiro atoms. The fourth-order valence-electron chi connectivity index (χ4n) is 3.73. The summed E-state index contributed by atoms with van der Waals surface area (Å²) in [5.74, 6) is 0.660. The molecular weight excluding hydrogens is 472 g/mol. The molecule has 0 aliphatic rings. The molecule has 0 heterocycles. The summed E-state index contributed by atoms with van der Waals surface area (Å²) >= 11 is 6.19. The molecule has 0 aliphatic carbocycles. The van der Waals surface area contributed by atoms with Gasteiger partial charge in [0, 0.05) is 11.3 Å². The predicted molar refractivity (Wildman–Crippen MR) is 136 cm³/mol. The maximum atomic E-state index is 13.0. The number of anilines is 1. The second-order valence-corrected chi connectivity index (χ2v) is 10.5. The topological polar surface area (TPSA) is 84.5 Å². The summed E-state index contributed by atoms with van der Waals surface area (Å²) in [4.78, 5) is 12.9. The van der Waals surface area contributed by atoms with E-state index < -0.39 is 15.9 Å². The van der Waals surface area contributed by atoms with Crippen molar-refractivity contribution in [2.24, 2.45) is 0 Å². The van der Waals surface area contributed by atoms with Crippen molar-refractivity contribution in [1.82, 2.24) is 5.32 Å². The lowest BCUT2D eigenvalue weighted by Gasteiger charge is -2.21. The van der Waals surface area contributed by atoms with Crippen LogP contribution in [-0.2, 0) is 10.0 Å². The fourth-order valence-corrected chi connectivity index (χ4v) is 5.32. The molecule has 6 nitrogen and oxygen atoms in total. The molecular formula is C26H29ClN2O4S. The van der Waals surface area contributed by atoms with Gasteiger partial charge in [0.15, 0.2) is 0 Å². The number of ether oxygens (including phenoxy) is 1. The maximum Gasteiger partial charge on any atom is 0.263 e. The Morgan fingerprint density at radius 2 is 1.65 bits per heavy atom. The van der Waals surface area contributed by atoms with Crippen molar-refractivity contribution in [3.63, 3.8) is 0 Å². The number of nitrogens with one attached hydrogen (secondary N) is 2. The van der Waals surface area contributed by atoms with E-state index in [1.165, 1.54) is 18.2 Å². The molecule has 3 aromatic carbocycles. The van der Waals surface area contributed by atoms with E-state index in [9.17, 15) is 13.2 Å². The van der Waals surface area contributed by atoms with E-state index in [-0.39, 0.29) is 27.4 Å². The average Bonchev–Trinajstić information content (AvgIpc) is 2.78. The zero-order valence-electron chi connectivity index (χ0n) is 19.8. The van der Waals surface area contributed by atoms with Crippen LogP contribution in [0.3, 0.4) is 0 Å². The summed E-state index contributed by atoms with van der Waals surface area (Å²) in [5.41, 5.74) is 3.60. The van der Waals surface area contributed by atoms with Gasteiger partial charge in [-0.1, -0.05) is 43.6 Å². The first kappa shape index (κ1) is 25.6. The van der Waals surface area contributed by atoms with Crippen LogP contribution in [0.2, 0.25) is 5.02 Å². The van der Waals surface area contributed by atoms with Gasteiger partial charge < -0.3 is 10.1 Å². The van der Waals surface area contributed by atoms with E-state index >= 15 is 0 Å². The predicted octanol–water partition coefficient (Wildman–Crippen LogP) is 6.07. The van der Waals surface area contributed by atoms with Crippen molar-refractivity contribution in [1.29, 1.82) is 0 Å². The van der Waals surface area contributed by atoms with Crippen LogP contribution in [0, 0.1) is 6.92 Å². The number of methoxy groups -OCH3 is 1. The van der Waals surface area contributed by atoms with E-state index in [1.54, 1.807) is 37.4 Å². The number of sulfonamides is 1. The molecule has 3 aromatic rings. The molecule has 0 bridgehead atoms. The number of para-hydroxylation sites is 1. The van der Waals surface area contributed by atoms with Gasteiger partial charge >= 0.3 is 0 Å². The van der Waals surface area contributed by atoms with Crippen LogP contribution in [0.25, 0.3) is 0 Å². The largest absolute Gasteiger partial charge is 0.496 e. The lowest BCUT2D eigenvalue weighted by Crippen LogP contribution is -2.27. The zero-order chi connectivity index (χ0) is 25.0. The van der Waals surface area contributed by atoms with Gasteiger partial charge in [0.1, 0.15) is 10.6 Å². The standard InChI is InChI=1S/C26H29ClN2O4S/c1-16(2)21-15-22(17(3)13-24(21)33-5)18(4)28-26(30)19-11-12-23(27)25(14-19)34(31,32)29-20-9-7-6-8-10-20/h6-16,18,29H,1-5H3,(H,28,30)/t18-/m1/s1. The summed E-state index contributed by atoms with van der Waals surface area (Å²) in [6.07, 6.45) is 0. The third kappa shape index (κ3) is 5.72. The molecule has 180 valence electrons. The first-order chi connectivity index (χ1) is 16.0. The summed E-state index contributed by atoms with van der Waals surface area (Å²) in [7, 11) is -2.34. The quantitative estimate of drug-likeness (QED) is 0.393. The van der Waals surface area contributed by atoms with E-state index in [4.69, 9.17) is 16.3 Å². The van der Waals surface area contributed by atoms with Gasteiger partial charge in [0.25, 0.3) is 15.9 Å². The minimum atomic E-state index is -3.99. The highest BCUT2D eigenvalue weighted by atomic mass is 35.5. The van der Waals surface area contributed by atoms with E-state index in [1.807, 2.05) is 26.0 Å². The smallest absolute Gasteiger partial charge is 0.263 e. The number of amides is 1. The minimum absolute atomic E-state index is 0.0283. The Balaban J connectivity index is 1.87. The van der Waals surface area contributed by atoms with Crippen molar-refractivity contribution < 1.29 is 17.9 Å². The lowest BCUT2D eigenvalue weighted by molar-refractivity contribution is 0.0939. The van der Waals surface area contributed by atoms with Crippen LogP contribution in [0.4, 0.5) is 5.69 Å². The Hall–Kier alpha value is -3.03. The molecule has 1 atom stereocenters. The molecule has 34 heavy (non-hydrogen) atoms. The highest BCUT2D eigenvalue weighted by Crippen LogP contribution is 2.32.